The van der Waals surface area contributed by atoms with Gasteiger partial charge in [-0.1, -0.05) is 6.92 Å². The Labute approximate surface area is 105 Å². The van der Waals surface area contributed by atoms with Crippen LogP contribution in [0.1, 0.15) is 37.1 Å². The van der Waals surface area contributed by atoms with Crippen molar-refractivity contribution in [2.45, 2.75) is 39.2 Å². The summed E-state index contributed by atoms with van der Waals surface area (Å²) in [7, 11) is 0. The van der Waals surface area contributed by atoms with Gasteiger partial charge in [0.2, 0.25) is 0 Å². The molecular formula is C13H16N4O. The van der Waals surface area contributed by atoms with Gasteiger partial charge in [0.1, 0.15) is 5.69 Å². The number of aromatic amines is 1. The van der Waals surface area contributed by atoms with Crippen LogP contribution < -0.4 is 5.56 Å². The molecule has 1 aliphatic rings. The van der Waals surface area contributed by atoms with E-state index >= 15 is 0 Å². The van der Waals surface area contributed by atoms with Crippen LogP contribution in [0, 0.1) is 6.92 Å². The summed E-state index contributed by atoms with van der Waals surface area (Å²) in [6.45, 7) is 3.85. The molecule has 2 heterocycles. The lowest BCUT2D eigenvalue weighted by molar-refractivity contribution is 0.741. The summed E-state index contributed by atoms with van der Waals surface area (Å²) in [5.74, 6) is 0.624. The Bertz CT molecular complexity index is 637. The summed E-state index contributed by atoms with van der Waals surface area (Å²) >= 11 is 0. The molecule has 0 aliphatic heterocycles. The van der Waals surface area contributed by atoms with E-state index in [0.717, 1.165) is 17.0 Å². The van der Waals surface area contributed by atoms with Crippen molar-refractivity contribution in [3.8, 4) is 11.5 Å². The Hall–Kier alpha value is -1.91. The monoisotopic (exact) mass is 244 g/mol. The molecule has 1 saturated carbocycles. The van der Waals surface area contributed by atoms with Crippen LogP contribution in [0.15, 0.2) is 17.3 Å². The van der Waals surface area contributed by atoms with Crippen molar-refractivity contribution >= 4 is 0 Å². The van der Waals surface area contributed by atoms with Crippen molar-refractivity contribution in [1.82, 2.24) is 19.5 Å². The number of hydrogen-bond acceptors (Lipinski definition) is 3. The average molecular weight is 244 g/mol. The molecule has 0 spiro atoms. The Morgan fingerprint density at radius 1 is 1.50 bits per heavy atom. The van der Waals surface area contributed by atoms with E-state index in [0.29, 0.717) is 18.3 Å². The molecule has 18 heavy (non-hydrogen) atoms. The molecule has 94 valence electrons. The summed E-state index contributed by atoms with van der Waals surface area (Å²) in [5, 5.41) is 0. The Balaban J connectivity index is 2.11. The standard InChI is InChI=1S/C13H16N4O/c1-3-10-8(2)15-12(16-13(10)18)11-6-14-7-17(11)9-4-5-9/h6-7,9H,3-5H2,1-2H3,(H,15,16,18). The van der Waals surface area contributed by atoms with Gasteiger partial charge in [0.15, 0.2) is 5.82 Å². The molecule has 1 aliphatic carbocycles. The topological polar surface area (TPSA) is 63.6 Å². The van der Waals surface area contributed by atoms with Crippen molar-refractivity contribution < 1.29 is 0 Å². The van der Waals surface area contributed by atoms with Gasteiger partial charge in [-0.15, -0.1) is 0 Å². The van der Waals surface area contributed by atoms with Gasteiger partial charge in [-0.25, -0.2) is 9.97 Å². The minimum atomic E-state index is -0.0384. The fourth-order valence-corrected chi connectivity index (χ4v) is 2.28. The maximum Gasteiger partial charge on any atom is 0.254 e. The summed E-state index contributed by atoms with van der Waals surface area (Å²) in [6.07, 6.45) is 6.65. The third kappa shape index (κ3) is 1.75. The zero-order chi connectivity index (χ0) is 12.7. The maximum absolute atomic E-state index is 12.0. The number of H-pyrrole nitrogens is 1. The normalized spacial score (nSPS) is 15.0. The molecule has 0 bridgehead atoms. The van der Waals surface area contributed by atoms with Crippen LogP contribution in [0.3, 0.4) is 0 Å². The smallest absolute Gasteiger partial charge is 0.254 e. The molecule has 0 unspecified atom stereocenters. The number of aromatic nitrogens is 4. The molecule has 3 rings (SSSR count). The van der Waals surface area contributed by atoms with E-state index < -0.39 is 0 Å². The van der Waals surface area contributed by atoms with Crippen LogP contribution in [0.4, 0.5) is 0 Å². The van der Waals surface area contributed by atoms with Crippen molar-refractivity contribution in [2.24, 2.45) is 0 Å². The predicted molar refractivity (Wildman–Crippen MR) is 68.5 cm³/mol. The number of rotatable bonds is 3. The van der Waals surface area contributed by atoms with Gasteiger partial charge < -0.3 is 9.55 Å². The fourth-order valence-electron chi connectivity index (χ4n) is 2.28. The quantitative estimate of drug-likeness (QED) is 0.896. The number of nitrogens with one attached hydrogen (secondary N) is 1. The van der Waals surface area contributed by atoms with E-state index in [1.807, 2.05) is 20.2 Å². The van der Waals surface area contributed by atoms with Crippen molar-refractivity contribution in [1.29, 1.82) is 0 Å². The second-order valence-electron chi connectivity index (χ2n) is 4.75. The van der Waals surface area contributed by atoms with Gasteiger partial charge in [0.05, 0.1) is 12.5 Å². The molecular weight excluding hydrogens is 228 g/mol. The number of imidazole rings is 1. The first-order valence-corrected chi connectivity index (χ1v) is 6.32. The van der Waals surface area contributed by atoms with Gasteiger partial charge in [-0.2, -0.15) is 0 Å². The van der Waals surface area contributed by atoms with Gasteiger partial charge >= 0.3 is 0 Å². The van der Waals surface area contributed by atoms with Crippen LogP contribution in [0.2, 0.25) is 0 Å². The largest absolute Gasteiger partial charge is 0.325 e. The van der Waals surface area contributed by atoms with Crippen molar-refractivity contribution in [3.05, 3.63) is 34.1 Å². The highest BCUT2D eigenvalue weighted by Crippen LogP contribution is 2.37. The van der Waals surface area contributed by atoms with E-state index in [-0.39, 0.29) is 5.56 Å². The highest BCUT2D eigenvalue weighted by molar-refractivity contribution is 5.49. The number of hydrogen-bond donors (Lipinski definition) is 1. The van der Waals surface area contributed by atoms with E-state index in [4.69, 9.17) is 0 Å². The Kier molecular flexibility index (Phi) is 2.54. The second-order valence-corrected chi connectivity index (χ2v) is 4.75. The first-order valence-electron chi connectivity index (χ1n) is 6.32. The summed E-state index contributed by atoms with van der Waals surface area (Å²) < 4.78 is 2.10. The average Bonchev–Trinajstić information content (AvgIpc) is 3.06. The minimum Gasteiger partial charge on any atom is -0.325 e. The van der Waals surface area contributed by atoms with Gasteiger partial charge in [0, 0.05) is 17.3 Å². The van der Waals surface area contributed by atoms with E-state index in [9.17, 15) is 4.79 Å². The zero-order valence-electron chi connectivity index (χ0n) is 10.6. The molecule has 0 aromatic carbocycles. The highest BCUT2D eigenvalue weighted by atomic mass is 16.1. The molecule has 1 fully saturated rings. The third-order valence-corrected chi connectivity index (χ3v) is 3.42. The highest BCUT2D eigenvalue weighted by Gasteiger charge is 2.26. The van der Waals surface area contributed by atoms with E-state index in [1.54, 1.807) is 6.20 Å². The number of nitrogens with zero attached hydrogens (tertiary/aromatic N) is 3. The summed E-state index contributed by atoms with van der Waals surface area (Å²) in [6, 6.07) is 0.527. The van der Waals surface area contributed by atoms with Crippen molar-refractivity contribution in [2.75, 3.05) is 0 Å². The molecule has 0 amide bonds. The second kappa shape index (κ2) is 4.08. The molecule has 5 nitrogen and oxygen atoms in total. The number of aryl methyl sites for hydroxylation is 1. The van der Waals surface area contributed by atoms with Gasteiger partial charge in [-0.05, 0) is 26.2 Å². The lowest BCUT2D eigenvalue weighted by Crippen LogP contribution is -2.17. The van der Waals surface area contributed by atoms with E-state index in [2.05, 4.69) is 19.5 Å². The third-order valence-electron chi connectivity index (χ3n) is 3.42. The first kappa shape index (κ1) is 11.2. The van der Waals surface area contributed by atoms with Crippen LogP contribution in [-0.4, -0.2) is 19.5 Å². The Morgan fingerprint density at radius 3 is 2.89 bits per heavy atom. The summed E-state index contributed by atoms with van der Waals surface area (Å²) in [5.41, 5.74) is 2.43. The van der Waals surface area contributed by atoms with Crippen LogP contribution in [0.25, 0.3) is 11.5 Å². The molecule has 0 saturated heterocycles. The summed E-state index contributed by atoms with van der Waals surface area (Å²) in [4.78, 5) is 23.5. The lowest BCUT2D eigenvalue weighted by atomic mass is 10.2. The zero-order valence-corrected chi connectivity index (χ0v) is 10.6. The molecule has 2 aromatic heterocycles. The Morgan fingerprint density at radius 2 is 2.28 bits per heavy atom. The lowest BCUT2D eigenvalue weighted by Gasteiger charge is -2.08. The fraction of sp³-hybridized carbons (Fsp3) is 0.462. The molecule has 0 atom stereocenters. The maximum atomic E-state index is 12.0. The SMILES string of the molecule is CCc1c(C)nc(-c2cncn2C2CC2)[nH]c1=O. The van der Waals surface area contributed by atoms with Gasteiger partial charge in [0.25, 0.3) is 5.56 Å². The molecule has 1 N–H and O–H groups in total. The van der Waals surface area contributed by atoms with Crippen LogP contribution in [0.5, 0.6) is 0 Å². The predicted octanol–water partition coefficient (Wildman–Crippen LogP) is 1.84. The minimum absolute atomic E-state index is 0.0384. The molecule has 5 heteroatoms. The molecule has 2 aromatic rings. The van der Waals surface area contributed by atoms with Gasteiger partial charge in [-0.3, -0.25) is 4.79 Å². The van der Waals surface area contributed by atoms with Crippen molar-refractivity contribution in [3.63, 3.8) is 0 Å². The molecule has 0 radical (unpaired) electrons. The van der Waals surface area contributed by atoms with Crippen LogP contribution in [-0.2, 0) is 6.42 Å². The van der Waals surface area contributed by atoms with E-state index in [1.165, 1.54) is 12.8 Å². The van der Waals surface area contributed by atoms with Crippen LogP contribution >= 0.6 is 0 Å². The first-order chi connectivity index (χ1) is 8.70.